The molecule has 0 spiro atoms. The second kappa shape index (κ2) is 3.01. The highest BCUT2D eigenvalue weighted by Crippen LogP contribution is 2.08. The van der Waals surface area contributed by atoms with E-state index >= 15 is 0 Å². The summed E-state index contributed by atoms with van der Waals surface area (Å²) in [6, 6.07) is 1.64. The second-order valence-electron chi connectivity index (χ2n) is 1.91. The van der Waals surface area contributed by atoms with Crippen molar-refractivity contribution in [1.82, 2.24) is 0 Å². The van der Waals surface area contributed by atoms with Crippen LogP contribution in [0, 0.1) is 0 Å². The first-order valence-electron chi connectivity index (χ1n) is 3.01. The van der Waals surface area contributed by atoms with Gasteiger partial charge in [-0.1, -0.05) is 6.08 Å². The van der Waals surface area contributed by atoms with E-state index in [0.29, 0.717) is 17.7 Å². The zero-order valence-corrected chi connectivity index (χ0v) is 5.54. The van der Waals surface area contributed by atoms with Crippen LogP contribution in [0.4, 0.5) is 0 Å². The molecule has 0 bridgehead atoms. The molecule has 2 nitrogen and oxygen atoms in total. The first kappa shape index (κ1) is 6.81. The van der Waals surface area contributed by atoms with Gasteiger partial charge < -0.3 is 4.42 Å². The molecule has 0 fully saturated rings. The number of carbonyl (C=O) groups excluding carboxylic acids is 1. The van der Waals surface area contributed by atoms with Crippen LogP contribution < -0.4 is 0 Å². The molecule has 0 aromatic carbocycles. The molecular formula is C8H8O2. The number of hydrogen-bond donors (Lipinski definition) is 0. The van der Waals surface area contributed by atoms with Crippen molar-refractivity contribution in [3.63, 3.8) is 0 Å². The summed E-state index contributed by atoms with van der Waals surface area (Å²) >= 11 is 0. The van der Waals surface area contributed by atoms with Crippen LogP contribution in [0.2, 0.25) is 0 Å². The highest BCUT2D eigenvalue weighted by molar-refractivity contribution is 5.76. The smallest absolute Gasteiger partial charge is 0.153 e. The third-order valence-corrected chi connectivity index (χ3v) is 1.24. The number of carbonyl (C=O) groups is 1. The number of furan rings is 1. The minimum absolute atomic E-state index is 0.611. The monoisotopic (exact) mass is 136 g/mol. The molecular weight excluding hydrogens is 128 g/mol. The lowest BCUT2D eigenvalue weighted by Crippen LogP contribution is -1.82. The van der Waals surface area contributed by atoms with Crippen LogP contribution in [0.25, 0.3) is 0 Å². The Morgan fingerprint density at radius 3 is 3.10 bits per heavy atom. The van der Waals surface area contributed by atoms with Crippen LogP contribution in [0.3, 0.4) is 0 Å². The van der Waals surface area contributed by atoms with Gasteiger partial charge in [0.2, 0.25) is 0 Å². The third kappa shape index (κ3) is 1.16. The first-order valence-corrected chi connectivity index (χ1v) is 3.01. The van der Waals surface area contributed by atoms with Gasteiger partial charge in [0, 0.05) is 6.42 Å². The van der Waals surface area contributed by atoms with Crippen LogP contribution in [-0.2, 0) is 6.42 Å². The largest absolute Gasteiger partial charge is 0.468 e. The Bertz CT molecular complexity index is 235. The van der Waals surface area contributed by atoms with Gasteiger partial charge >= 0.3 is 0 Å². The molecule has 0 radical (unpaired) electrons. The van der Waals surface area contributed by atoms with Crippen molar-refractivity contribution in [3.8, 4) is 0 Å². The molecule has 1 heterocycles. The van der Waals surface area contributed by atoms with Gasteiger partial charge in [-0.2, -0.15) is 0 Å². The highest BCUT2D eigenvalue weighted by atomic mass is 16.3. The summed E-state index contributed by atoms with van der Waals surface area (Å²) in [5, 5.41) is 0. The van der Waals surface area contributed by atoms with Gasteiger partial charge in [0.25, 0.3) is 0 Å². The number of aldehydes is 1. The minimum Gasteiger partial charge on any atom is -0.468 e. The summed E-state index contributed by atoms with van der Waals surface area (Å²) in [5.74, 6) is 0.685. The first-order chi connectivity index (χ1) is 4.88. The van der Waals surface area contributed by atoms with Crippen molar-refractivity contribution in [2.75, 3.05) is 0 Å². The van der Waals surface area contributed by atoms with E-state index in [1.807, 2.05) is 0 Å². The van der Waals surface area contributed by atoms with Gasteiger partial charge in [-0.3, -0.25) is 4.79 Å². The molecule has 1 aromatic heterocycles. The maximum Gasteiger partial charge on any atom is 0.153 e. The van der Waals surface area contributed by atoms with Crippen LogP contribution >= 0.6 is 0 Å². The lowest BCUT2D eigenvalue weighted by molar-refractivity contribution is 0.112. The van der Waals surface area contributed by atoms with Crippen molar-refractivity contribution < 1.29 is 9.21 Å². The summed E-state index contributed by atoms with van der Waals surface area (Å²) in [5.41, 5.74) is 0.611. The van der Waals surface area contributed by atoms with E-state index in [1.54, 1.807) is 12.1 Å². The highest BCUT2D eigenvalue weighted by Gasteiger charge is 2.00. The number of hydrogen-bond acceptors (Lipinski definition) is 2. The van der Waals surface area contributed by atoms with E-state index in [2.05, 4.69) is 6.58 Å². The average molecular weight is 136 g/mol. The topological polar surface area (TPSA) is 30.2 Å². The fourth-order valence-electron chi connectivity index (χ4n) is 0.753. The predicted octanol–water partition coefficient (Wildman–Crippen LogP) is 1.82. The van der Waals surface area contributed by atoms with Crippen LogP contribution in [0.15, 0.2) is 29.4 Å². The van der Waals surface area contributed by atoms with Gasteiger partial charge in [-0.25, -0.2) is 0 Å². The summed E-state index contributed by atoms with van der Waals surface area (Å²) in [4.78, 5) is 10.3. The molecule has 10 heavy (non-hydrogen) atoms. The van der Waals surface area contributed by atoms with Gasteiger partial charge in [0.15, 0.2) is 6.29 Å². The fraction of sp³-hybridized carbons (Fsp3) is 0.125. The van der Waals surface area contributed by atoms with Crippen LogP contribution in [0.5, 0.6) is 0 Å². The molecule has 0 amide bonds. The van der Waals surface area contributed by atoms with E-state index in [0.717, 1.165) is 6.29 Å². The molecule has 0 atom stereocenters. The van der Waals surface area contributed by atoms with Crippen molar-refractivity contribution in [2.24, 2.45) is 0 Å². The molecule has 0 saturated heterocycles. The van der Waals surface area contributed by atoms with E-state index in [9.17, 15) is 4.79 Å². The van der Waals surface area contributed by atoms with E-state index in [4.69, 9.17) is 4.42 Å². The summed E-state index contributed by atoms with van der Waals surface area (Å²) in [6.07, 6.45) is 4.60. The van der Waals surface area contributed by atoms with Gasteiger partial charge in [0.05, 0.1) is 11.8 Å². The molecule has 2 heteroatoms. The molecule has 0 aliphatic rings. The molecule has 0 aliphatic carbocycles. The number of allylic oxidation sites excluding steroid dienone is 1. The fourth-order valence-corrected chi connectivity index (χ4v) is 0.753. The molecule has 0 N–H and O–H groups in total. The van der Waals surface area contributed by atoms with Gasteiger partial charge in [-0.05, 0) is 6.07 Å². The van der Waals surface area contributed by atoms with Crippen molar-refractivity contribution in [3.05, 3.63) is 36.3 Å². The lowest BCUT2D eigenvalue weighted by atomic mass is 10.2. The molecule has 0 aliphatic heterocycles. The van der Waals surface area contributed by atoms with E-state index in [-0.39, 0.29) is 0 Å². The molecule has 0 unspecified atom stereocenters. The lowest BCUT2D eigenvalue weighted by Gasteiger charge is -1.87. The van der Waals surface area contributed by atoms with Gasteiger partial charge in [0.1, 0.15) is 5.76 Å². The maximum absolute atomic E-state index is 10.3. The summed E-state index contributed by atoms with van der Waals surface area (Å²) in [6.45, 7) is 3.54. The zero-order valence-electron chi connectivity index (χ0n) is 5.54. The summed E-state index contributed by atoms with van der Waals surface area (Å²) < 4.78 is 4.99. The van der Waals surface area contributed by atoms with Crippen LogP contribution in [-0.4, -0.2) is 6.29 Å². The van der Waals surface area contributed by atoms with Crippen LogP contribution in [0.1, 0.15) is 16.1 Å². The predicted molar refractivity (Wildman–Crippen MR) is 38.0 cm³/mol. The minimum atomic E-state index is 0.611. The maximum atomic E-state index is 10.3. The molecule has 0 saturated carbocycles. The quantitative estimate of drug-likeness (QED) is 0.468. The second-order valence-corrected chi connectivity index (χ2v) is 1.91. The van der Waals surface area contributed by atoms with E-state index in [1.165, 1.54) is 6.26 Å². The number of rotatable bonds is 3. The standard InChI is InChI=1S/C8H8O2/c1-2-3-8-7(6-9)4-5-10-8/h2,4-6H,1,3H2. The normalized spacial score (nSPS) is 9.20. The Morgan fingerprint density at radius 1 is 1.70 bits per heavy atom. The Labute approximate surface area is 59.2 Å². The van der Waals surface area contributed by atoms with Crippen molar-refractivity contribution in [2.45, 2.75) is 6.42 Å². The third-order valence-electron chi connectivity index (χ3n) is 1.24. The average Bonchev–Trinajstić information content (AvgIpc) is 2.36. The van der Waals surface area contributed by atoms with Crippen molar-refractivity contribution in [1.29, 1.82) is 0 Å². The summed E-state index contributed by atoms with van der Waals surface area (Å²) in [7, 11) is 0. The van der Waals surface area contributed by atoms with E-state index < -0.39 is 0 Å². The SMILES string of the molecule is C=CCc1occc1C=O. The zero-order chi connectivity index (χ0) is 7.40. The van der Waals surface area contributed by atoms with Gasteiger partial charge in [-0.15, -0.1) is 6.58 Å². The Balaban J connectivity index is 2.89. The molecule has 1 aromatic rings. The molecule has 1 rings (SSSR count). The molecule has 52 valence electrons. The Kier molecular flexibility index (Phi) is 2.05. The van der Waals surface area contributed by atoms with Crippen molar-refractivity contribution >= 4 is 6.29 Å². The Hall–Kier alpha value is -1.31. The Morgan fingerprint density at radius 2 is 2.50 bits per heavy atom.